The second kappa shape index (κ2) is 4.62. The highest BCUT2D eigenvalue weighted by atomic mass is 32.2. The van der Waals surface area contributed by atoms with Gasteiger partial charge in [-0.2, -0.15) is 8.78 Å². The van der Waals surface area contributed by atoms with Crippen molar-refractivity contribution in [3.05, 3.63) is 29.6 Å². The summed E-state index contributed by atoms with van der Waals surface area (Å²) in [4.78, 5) is 10.6. The lowest BCUT2D eigenvalue weighted by Crippen LogP contribution is -2.22. The molecule has 0 aliphatic heterocycles. The van der Waals surface area contributed by atoms with E-state index in [0.717, 1.165) is 12.1 Å². The summed E-state index contributed by atoms with van der Waals surface area (Å²) in [6, 6.07) is 2.01. The monoisotopic (exact) mass is 269 g/mol. The number of carboxylic acids is 1. The summed E-state index contributed by atoms with van der Waals surface area (Å²) in [5.41, 5.74) is -1.38. The molecule has 2 N–H and O–H groups in total. The lowest BCUT2D eigenvalue weighted by atomic mass is 10.2. The van der Waals surface area contributed by atoms with Gasteiger partial charge >= 0.3 is 11.7 Å². The number of carboxylic acid groups (broad SMARTS) is 1. The minimum Gasteiger partial charge on any atom is -0.478 e. The van der Waals surface area contributed by atoms with Crippen molar-refractivity contribution in [1.82, 2.24) is 0 Å². The minimum absolute atomic E-state index is 0.520. The van der Waals surface area contributed by atoms with Gasteiger partial charge in [-0.05, 0) is 18.2 Å². The van der Waals surface area contributed by atoms with E-state index in [1.807, 2.05) is 0 Å². The Morgan fingerprint density at radius 3 is 2.41 bits per heavy atom. The maximum Gasteiger partial charge on any atom is 0.355 e. The minimum atomic E-state index is -4.99. The number of benzene rings is 1. The normalized spacial score (nSPS) is 11.5. The van der Waals surface area contributed by atoms with Crippen molar-refractivity contribution < 1.29 is 31.5 Å². The fourth-order valence-electron chi connectivity index (χ4n) is 0.980. The van der Waals surface area contributed by atoms with Gasteiger partial charge in [0, 0.05) is 0 Å². The van der Waals surface area contributed by atoms with Gasteiger partial charge < -0.3 is 5.11 Å². The summed E-state index contributed by atoms with van der Waals surface area (Å²) in [7, 11) is -4.99. The third kappa shape index (κ3) is 3.09. The lowest BCUT2D eigenvalue weighted by molar-refractivity contribution is 0.0697. The summed E-state index contributed by atoms with van der Waals surface area (Å²) in [6.45, 7) is 0. The molecule has 0 aromatic heterocycles. The third-order valence-electron chi connectivity index (χ3n) is 1.70. The second-order valence-corrected chi connectivity index (χ2v) is 4.55. The van der Waals surface area contributed by atoms with Gasteiger partial charge in [0.05, 0.1) is 11.3 Å². The molecular weight excluding hydrogens is 263 g/mol. The van der Waals surface area contributed by atoms with Crippen LogP contribution in [-0.2, 0) is 10.0 Å². The fourth-order valence-corrected chi connectivity index (χ4v) is 1.55. The molecule has 0 aliphatic rings. The highest BCUT2D eigenvalue weighted by molar-refractivity contribution is 7.93. The van der Waals surface area contributed by atoms with Crippen molar-refractivity contribution in [2.75, 3.05) is 4.72 Å². The first-order valence-corrected chi connectivity index (χ1v) is 5.61. The number of hydrogen-bond acceptors (Lipinski definition) is 3. The van der Waals surface area contributed by atoms with Crippen LogP contribution in [0.15, 0.2) is 18.2 Å². The summed E-state index contributed by atoms with van der Waals surface area (Å²) >= 11 is 0. The zero-order chi connectivity index (χ0) is 13.2. The molecular formula is C8H6F3NO4S. The molecule has 17 heavy (non-hydrogen) atoms. The van der Waals surface area contributed by atoms with Crippen molar-refractivity contribution in [2.45, 2.75) is 5.76 Å². The molecule has 1 aromatic carbocycles. The maximum absolute atomic E-state index is 12.7. The number of hydrogen-bond donors (Lipinski definition) is 2. The van der Waals surface area contributed by atoms with Crippen LogP contribution < -0.4 is 4.72 Å². The van der Waals surface area contributed by atoms with E-state index in [0.29, 0.717) is 6.07 Å². The largest absolute Gasteiger partial charge is 0.478 e. The summed E-state index contributed by atoms with van der Waals surface area (Å²) in [5, 5.41) is 8.64. The zero-order valence-corrected chi connectivity index (χ0v) is 8.84. The van der Waals surface area contributed by atoms with E-state index < -0.39 is 38.8 Å². The molecule has 0 atom stereocenters. The topological polar surface area (TPSA) is 83.5 Å². The van der Waals surface area contributed by atoms with Crippen molar-refractivity contribution in [1.29, 1.82) is 0 Å². The quantitative estimate of drug-likeness (QED) is 0.867. The molecule has 94 valence electrons. The predicted molar refractivity (Wildman–Crippen MR) is 51.9 cm³/mol. The van der Waals surface area contributed by atoms with Crippen LogP contribution in [0.3, 0.4) is 0 Å². The molecule has 0 aliphatic carbocycles. The lowest BCUT2D eigenvalue weighted by Gasteiger charge is -2.09. The number of rotatable bonds is 4. The Morgan fingerprint density at radius 2 is 1.94 bits per heavy atom. The second-order valence-electron chi connectivity index (χ2n) is 2.90. The standard InChI is InChI=1S/C8H6F3NO4S/c9-4-1-2-6(5(3-4)7(13)14)12-17(15,16)8(10)11/h1-3,8,12H,(H,13,14). The SMILES string of the molecule is O=C(O)c1cc(F)ccc1NS(=O)(=O)C(F)F. The van der Waals surface area contributed by atoms with Gasteiger partial charge in [-0.3, -0.25) is 4.72 Å². The van der Waals surface area contributed by atoms with Crippen molar-refractivity contribution in [3.8, 4) is 0 Å². The first-order valence-electron chi connectivity index (χ1n) is 4.06. The van der Waals surface area contributed by atoms with Crippen molar-refractivity contribution in [2.24, 2.45) is 0 Å². The summed E-state index contributed by atoms with van der Waals surface area (Å²) in [5.74, 6) is -6.28. The Balaban J connectivity index is 3.20. The summed E-state index contributed by atoms with van der Waals surface area (Å²) in [6.07, 6.45) is 0. The Hall–Kier alpha value is -1.77. The molecule has 9 heteroatoms. The van der Waals surface area contributed by atoms with Crippen LogP contribution in [0.4, 0.5) is 18.9 Å². The molecule has 0 saturated heterocycles. The van der Waals surface area contributed by atoms with Gasteiger partial charge in [-0.15, -0.1) is 0 Å². The molecule has 5 nitrogen and oxygen atoms in total. The van der Waals surface area contributed by atoms with Gasteiger partial charge in [0.2, 0.25) is 0 Å². The Morgan fingerprint density at radius 1 is 1.35 bits per heavy atom. The van der Waals surface area contributed by atoms with Crippen LogP contribution in [0.1, 0.15) is 10.4 Å². The zero-order valence-electron chi connectivity index (χ0n) is 8.02. The number of nitrogens with one attached hydrogen (secondary N) is 1. The number of aromatic carboxylic acids is 1. The molecule has 0 bridgehead atoms. The van der Waals surface area contributed by atoms with Crippen LogP contribution in [0.25, 0.3) is 0 Å². The molecule has 0 fully saturated rings. The first-order chi connectivity index (χ1) is 7.74. The van der Waals surface area contributed by atoms with Crippen LogP contribution in [0, 0.1) is 5.82 Å². The van der Waals surface area contributed by atoms with Crippen molar-refractivity contribution >= 4 is 21.7 Å². The highest BCUT2D eigenvalue weighted by Crippen LogP contribution is 2.20. The number of alkyl halides is 2. The molecule has 0 radical (unpaired) electrons. The smallest absolute Gasteiger partial charge is 0.355 e. The number of anilines is 1. The predicted octanol–water partition coefficient (Wildman–Crippen LogP) is 1.49. The van der Waals surface area contributed by atoms with Crippen molar-refractivity contribution in [3.63, 3.8) is 0 Å². The molecule has 1 rings (SSSR count). The first kappa shape index (κ1) is 13.3. The third-order valence-corrected chi connectivity index (χ3v) is 2.67. The maximum atomic E-state index is 12.7. The average molecular weight is 269 g/mol. The van der Waals surface area contributed by atoms with E-state index in [1.165, 1.54) is 4.72 Å². The van der Waals surface area contributed by atoms with Gasteiger partial charge in [-0.25, -0.2) is 17.6 Å². The van der Waals surface area contributed by atoms with E-state index in [-0.39, 0.29) is 0 Å². The molecule has 0 amide bonds. The summed E-state index contributed by atoms with van der Waals surface area (Å²) < 4.78 is 59.8. The van der Waals surface area contributed by atoms with Gasteiger partial charge in [0.15, 0.2) is 0 Å². The number of sulfonamides is 1. The molecule has 1 aromatic rings. The van der Waals surface area contributed by atoms with Gasteiger partial charge in [0.1, 0.15) is 5.82 Å². The van der Waals surface area contributed by atoms with E-state index in [9.17, 15) is 26.4 Å². The molecule has 0 unspecified atom stereocenters. The van der Waals surface area contributed by atoms with Gasteiger partial charge in [-0.1, -0.05) is 0 Å². The average Bonchev–Trinajstić information content (AvgIpc) is 2.19. The van der Waals surface area contributed by atoms with E-state index in [4.69, 9.17) is 5.11 Å². The Bertz CT molecular complexity index is 544. The Kier molecular flexibility index (Phi) is 3.61. The number of carbonyl (C=O) groups is 1. The molecule has 0 spiro atoms. The highest BCUT2D eigenvalue weighted by Gasteiger charge is 2.25. The van der Waals surface area contributed by atoms with Crippen LogP contribution in [0.2, 0.25) is 0 Å². The van der Waals surface area contributed by atoms with E-state index >= 15 is 0 Å². The molecule has 0 heterocycles. The van der Waals surface area contributed by atoms with Crippen LogP contribution in [-0.4, -0.2) is 25.3 Å². The fraction of sp³-hybridized carbons (Fsp3) is 0.125. The van der Waals surface area contributed by atoms with E-state index in [1.54, 1.807) is 0 Å². The Labute approximate surface area is 93.9 Å². The van der Waals surface area contributed by atoms with Crippen LogP contribution >= 0.6 is 0 Å². The van der Waals surface area contributed by atoms with Crippen LogP contribution in [0.5, 0.6) is 0 Å². The van der Waals surface area contributed by atoms with Gasteiger partial charge in [0.25, 0.3) is 10.0 Å². The van der Waals surface area contributed by atoms with E-state index in [2.05, 4.69) is 0 Å². The number of halogens is 3. The molecule has 0 saturated carbocycles.